The number of sulfonamides is 1. The number of anilines is 1. The number of ether oxygens (including phenoxy) is 1. The lowest BCUT2D eigenvalue weighted by Crippen LogP contribution is -2.41. The summed E-state index contributed by atoms with van der Waals surface area (Å²) in [4.78, 5) is 12.9. The number of benzene rings is 2. The molecule has 4 aromatic rings. The molecule has 0 radical (unpaired) electrons. The predicted molar refractivity (Wildman–Crippen MR) is 137 cm³/mol. The van der Waals surface area contributed by atoms with Crippen LogP contribution >= 0.6 is 0 Å². The van der Waals surface area contributed by atoms with Gasteiger partial charge in [-0.2, -0.15) is 4.31 Å². The van der Waals surface area contributed by atoms with Crippen LogP contribution in [0.3, 0.4) is 0 Å². The fourth-order valence-corrected chi connectivity index (χ4v) is 6.45. The number of furan rings is 1. The average Bonchev–Trinajstić information content (AvgIpc) is 3.56. The van der Waals surface area contributed by atoms with Gasteiger partial charge in [-0.15, -0.1) is 5.10 Å². The molecule has 0 aliphatic heterocycles. The smallest absolute Gasteiger partial charge is 0.322 e. The zero-order valence-electron chi connectivity index (χ0n) is 20.6. The summed E-state index contributed by atoms with van der Waals surface area (Å²) < 4.78 is 44.8. The molecule has 11 heteroatoms. The van der Waals surface area contributed by atoms with Crippen LogP contribution in [0.2, 0.25) is 0 Å². The number of aromatic nitrogens is 2. The van der Waals surface area contributed by atoms with Gasteiger partial charge in [0, 0.05) is 23.5 Å². The molecular formula is C26H28N4O6S. The van der Waals surface area contributed by atoms with E-state index < -0.39 is 15.9 Å². The third-order valence-electron chi connectivity index (χ3n) is 6.60. The molecule has 194 valence electrons. The number of fused-ring (bicyclic) bond motifs is 1. The Bertz CT molecular complexity index is 1500. The Hall–Kier alpha value is -3.70. The molecule has 0 bridgehead atoms. The van der Waals surface area contributed by atoms with Gasteiger partial charge in [-0.1, -0.05) is 43.4 Å². The maximum absolute atomic E-state index is 13.3. The van der Waals surface area contributed by atoms with Crippen LogP contribution in [0.25, 0.3) is 22.6 Å². The van der Waals surface area contributed by atoms with E-state index in [1.54, 1.807) is 23.5 Å². The average molecular weight is 525 g/mol. The lowest BCUT2D eigenvalue weighted by Gasteiger charge is -2.32. The van der Waals surface area contributed by atoms with Crippen molar-refractivity contribution in [2.45, 2.75) is 50.0 Å². The molecule has 1 N–H and O–H groups in total. The highest BCUT2D eigenvalue weighted by Gasteiger charge is 2.31. The van der Waals surface area contributed by atoms with Crippen molar-refractivity contribution in [3.05, 3.63) is 54.1 Å². The third-order valence-corrected chi connectivity index (χ3v) is 8.64. The molecule has 1 amide bonds. The van der Waals surface area contributed by atoms with Crippen molar-refractivity contribution in [2.24, 2.45) is 0 Å². The fourth-order valence-electron chi connectivity index (χ4n) is 4.75. The summed E-state index contributed by atoms with van der Waals surface area (Å²) in [5.41, 5.74) is 0.803. The standard InChI is InChI=1S/C26H28N4O6S/c1-3-30(19-9-5-4-6-10-19)37(32,33)20-14-12-17(13-15-20)24(31)27-26-29-28-25(36-26)22-16-18-8-7-11-21(34-2)23(18)35-22/h7-8,11-16,19H,3-6,9-10H2,1-2H3,(H,27,29,31). The van der Waals surface area contributed by atoms with E-state index in [-0.39, 0.29) is 28.4 Å². The molecule has 0 spiro atoms. The molecule has 1 aliphatic carbocycles. The maximum Gasteiger partial charge on any atom is 0.322 e. The van der Waals surface area contributed by atoms with Gasteiger partial charge in [-0.25, -0.2) is 8.42 Å². The van der Waals surface area contributed by atoms with Crippen LogP contribution in [-0.4, -0.2) is 48.5 Å². The van der Waals surface area contributed by atoms with E-state index in [9.17, 15) is 13.2 Å². The first-order valence-corrected chi connectivity index (χ1v) is 13.7. The van der Waals surface area contributed by atoms with Crippen molar-refractivity contribution in [1.29, 1.82) is 0 Å². The first-order valence-electron chi connectivity index (χ1n) is 12.2. The molecule has 2 heterocycles. The minimum atomic E-state index is -3.65. The van der Waals surface area contributed by atoms with E-state index in [1.807, 2.05) is 19.1 Å². The molecule has 0 atom stereocenters. The number of nitrogens with one attached hydrogen (secondary N) is 1. The molecule has 0 unspecified atom stereocenters. The van der Waals surface area contributed by atoms with Gasteiger partial charge >= 0.3 is 6.01 Å². The molecule has 5 rings (SSSR count). The molecule has 1 fully saturated rings. The van der Waals surface area contributed by atoms with Gasteiger partial charge in [0.1, 0.15) is 0 Å². The minimum Gasteiger partial charge on any atom is -0.493 e. The van der Waals surface area contributed by atoms with Crippen LogP contribution < -0.4 is 10.1 Å². The Morgan fingerprint density at radius 3 is 2.54 bits per heavy atom. The zero-order chi connectivity index (χ0) is 26.0. The molecule has 0 saturated heterocycles. The van der Waals surface area contributed by atoms with Gasteiger partial charge in [0.2, 0.25) is 10.0 Å². The van der Waals surface area contributed by atoms with Gasteiger partial charge in [0.25, 0.3) is 11.8 Å². The molecule has 2 aromatic heterocycles. The summed E-state index contributed by atoms with van der Waals surface area (Å²) >= 11 is 0. The van der Waals surface area contributed by atoms with E-state index in [4.69, 9.17) is 13.6 Å². The van der Waals surface area contributed by atoms with Crippen molar-refractivity contribution in [3.63, 3.8) is 0 Å². The highest BCUT2D eigenvalue weighted by Crippen LogP contribution is 2.33. The van der Waals surface area contributed by atoms with Gasteiger partial charge < -0.3 is 13.6 Å². The SMILES string of the molecule is CCN(C1CCCCC1)S(=O)(=O)c1ccc(C(=O)Nc2nnc(-c3cc4cccc(OC)c4o3)o2)cc1. The van der Waals surface area contributed by atoms with Crippen LogP contribution in [-0.2, 0) is 10.0 Å². The number of rotatable bonds is 8. The van der Waals surface area contributed by atoms with Gasteiger partial charge in [-0.3, -0.25) is 10.1 Å². The van der Waals surface area contributed by atoms with E-state index >= 15 is 0 Å². The number of carbonyl (C=O) groups is 1. The van der Waals surface area contributed by atoms with E-state index in [0.717, 1.165) is 37.5 Å². The Balaban J connectivity index is 1.29. The number of amides is 1. The zero-order valence-corrected chi connectivity index (χ0v) is 21.5. The van der Waals surface area contributed by atoms with Crippen LogP contribution in [0.1, 0.15) is 49.4 Å². The molecule has 10 nitrogen and oxygen atoms in total. The number of para-hydroxylation sites is 1. The number of carbonyl (C=O) groups excluding carboxylic acids is 1. The summed E-state index contributed by atoms with van der Waals surface area (Å²) in [6.07, 6.45) is 4.98. The van der Waals surface area contributed by atoms with Crippen LogP contribution in [0.15, 0.2) is 62.3 Å². The van der Waals surface area contributed by atoms with Crippen LogP contribution in [0.4, 0.5) is 6.01 Å². The van der Waals surface area contributed by atoms with Crippen molar-refractivity contribution in [3.8, 4) is 17.4 Å². The van der Waals surface area contributed by atoms with E-state index in [2.05, 4.69) is 15.5 Å². The molecule has 37 heavy (non-hydrogen) atoms. The van der Waals surface area contributed by atoms with E-state index in [1.165, 1.54) is 24.3 Å². The highest BCUT2D eigenvalue weighted by atomic mass is 32.2. The quantitative estimate of drug-likeness (QED) is 0.338. The Morgan fingerprint density at radius 1 is 1.08 bits per heavy atom. The third kappa shape index (κ3) is 4.96. The maximum atomic E-state index is 13.3. The first kappa shape index (κ1) is 25.0. The molecule has 2 aromatic carbocycles. The van der Waals surface area contributed by atoms with Gasteiger partial charge in [0.15, 0.2) is 17.1 Å². The number of hydrogen-bond donors (Lipinski definition) is 1. The Morgan fingerprint density at radius 2 is 1.84 bits per heavy atom. The number of nitrogens with zero attached hydrogens (tertiary/aromatic N) is 3. The van der Waals surface area contributed by atoms with E-state index in [0.29, 0.717) is 23.6 Å². The van der Waals surface area contributed by atoms with Crippen molar-refractivity contribution >= 4 is 32.9 Å². The Kier molecular flexibility index (Phi) is 6.98. The summed E-state index contributed by atoms with van der Waals surface area (Å²) in [6, 6.07) is 13.0. The van der Waals surface area contributed by atoms with Crippen LogP contribution in [0.5, 0.6) is 5.75 Å². The normalized spacial score (nSPS) is 14.8. The Labute approximate surface area is 214 Å². The van der Waals surface area contributed by atoms with Crippen molar-refractivity contribution < 1.29 is 26.8 Å². The topological polar surface area (TPSA) is 128 Å². The molecular weight excluding hydrogens is 496 g/mol. The summed E-state index contributed by atoms with van der Waals surface area (Å²) in [5.74, 6) is 0.492. The second-order valence-electron chi connectivity index (χ2n) is 8.88. The number of hydrogen-bond acceptors (Lipinski definition) is 8. The minimum absolute atomic E-state index is 0.0197. The van der Waals surface area contributed by atoms with Crippen LogP contribution in [0, 0.1) is 0 Å². The summed E-state index contributed by atoms with van der Waals surface area (Å²) in [5, 5.41) is 11.2. The number of methoxy groups -OCH3 is 1. The van der Waals surface area contributed by atoms with Gasteiger partial charge in [-0.05, 0) is 49.2 Å². The summed E-state index contributed by atoms with van der Waals surface area (Å²) in [6.45, 7) is 2.27. The highest BCUT2D eigenvalue weighted by molar-refractivity contribution is 7.89. The van der Waals surface area contributed by atoms with Crippen molar-refractivity contribution in [2.75, 3.05) is 19.0 Å². The summed E-state index contributed by atoms with van der Waals surface area (Å²) in [7, 11) is -2.10. The van der Waals surface area contributed by atoms with Crippen molar-refractivity contribution in [1.82, 2.24) is 14.5 Å². The molecule has 1 saturated carbocycles. The second-order valence-corrected chi connectivity index (χ2v) is 10.8. The largest absolute Gasteiger partial charge is 0.493 e. The van der Waals surface area contributed by atoms with Gasteiger partial charge in [0.05, 0.1) is 12.0 Å². The molecule has 1 aliphatic rings. The fraction of sp³-hybridized carbons (Fsp3) is 0.346. The lowest BCUT2D eigenvalue weighted by molar-refractivity contribution is 0.102. The second kappa shape index (κ2) is 10.3. The monoisotopic (exact) mass is 524 g/mol. The lowest BCUT2D eigenvalue weighted by atomic mass is 9.95. The first-order chi connectivity index (χ1) is 17.9. The predicted octanol–water partition coefficient (Wildman–Crippen LogP) is 5.09.